The summed E-state index contributed by atoms with van der Waals surface area (Å²) in [6, 6.07) is 24.0. The summed E-state index contributed by atoms with van der Waals surface area (Å²) in [6.45, 7) is 2.83. The van der Waals surface area contributed by atoms with Gasteiger partial charge in [-0.05, 0) is 52.7 Å². The lowest BCUT2D eigenvalue weighted by molar-refractivity contribution is 0.0929. The molecule has 5 aromatic rings. The molecule has 1 amide bonds. The number of benzene rings is 3. The highest BCUT2D eigenvalue weighted by Gasteiger charge is 2.15. The van der Waals surface area contributed by atoms with Gasteiger partial charge in [0.25, 0.3) is 0 Å². The Morgan fingerprint density at radius 1 is 1.06 bits per heavy atom. The van der Waals surface area contributed by atoms with Gasteiger partial charge in [0.2, 0.25) is 0 Å². The fraction of sp³-hybridized carbons (Fsp3) is 0.0769. The molecule has 0 fully saturated rings. The number of carbonyl (C=O) groups excluding carboxylic acids is 1. The van der Waals surface area contributed by atoms with Crippen LogP contribution in [0.15, 0.2) is 91.3 Å². The predicted molar refractivity (Wildman–Crippen MR) is 139 cm³/mol. The summed E-state index contributed by atoms with van der Waals surface area (Å²) in [6.07, 6.45) is 1.70. The van der Waals surface area contributed by atoms with Gasteiger partial charge in [-0.1, -0.05) is 64.5 Å². The van der Waals surface area contributed by atoms with Crippen molar-refractivity contribution in [3.05, 3.63) is 104 Å². The molecule has 2 aromatic heterocycles. The Hall–Kier alpha value is -3.16. The molecule has 0 radical (unpaired) electrons. The molecule has 7 heteroatoms. The number of aromatic nitrogens is 1. The number of carbonyl (C=O) groups is 1. The van der Waals surface area contributed by atoms with Gasteiger partial charge in [0.15, 0.2) is 5.76 Å². The lowest BCUT2D eigenvalue weighted by Crippen LogP contribution is -2.16. The number of para-hydroxylation sites is 1. The van der Waals surface area contributed by atoms with Gasteiger partial charge in [-0.3, -0.25) is 4.79 Å². The average Bonchev–Trinajstić information content (AvgIpc) is 3.35. The molecule has 0 spiro atoms. The standard InChI is InChI=1S/C26H19Br2N3O2/c1-16-21(20-9-5-6-10-23(20)31(16)15-17-7-3-2-4-8-17)14-29-30-26(32)24-12-18-11-19(27)13-22(28)25(18)33-24/h2-14H,15H2,1H3,(H,30,32)/b29-14-. The van der Waals surface area contributed by atoms with E-state index in [1.807, 2.05) is 42.5 Å². The summed E-state index contributed by atoms with van der Waals surface area (Å²) in [5.74, 6) is -0.208. The Morgan fingerprint density at radius 2 is 1.82 bits per heavy atom. The molecule has 5 nitrogen and oxygen atoms in total. The minimum Gasteiger partial charge on any atom is -0.450 e. The number of furan rings is 1. The van der Waals surface area contributed by atoms with Gasteiger partial charge in [-0.2, -0.15) is 5.10 Å². The first kappa shape index (κ1) is 21.7. The van der Waals surface area contributed by atoms with Crippen LogP contribution < -0.4 is 5.43 Å². The fourth-order valence-electron chi connectivity index (χ4n) is 3.99. The first-order valence-electron chi connectivity index (χ1n) is 10.3. The van der Waals surface area contributed by atoms with Crippen LogP contribution in [0.3, 0.4) is 0 Å². The molecular weight excluding hydrogens is 546 g/mol. The lowest BCUT2D eigenvalue weighted by Gasteiger charge is -2.08. The maximum atomic E-state index is 12.6. The van der Waals surface area contributed by atoms with E-state index in [0.717, 1.165) is 43.0 Å². The minimum absolute atomic E-state index is 0.198. The molecule has 5 rings (SSSR count). The van der Waals surface area contributed by atoms with Crippen molar-refractivity contribution in [3.8, 4) is 0 Å². The van der Waals surface area contributed by atoms with Crippen molar-refractivity contribution in [1.82, 2.24) is 9.99 Å². The van der Waals surface area contributed by atoms with E-state index in [4.69, 9.17) is 4.42 Å². The highest BCUT2D eigenvalue weighted by atomic mass is 79.9. The van der Waals surface area contributed by atoms with E-state index in [-0.39, 0.29) is 5.76 Å². The molecule has 2 heterocycles. The number of hydrogen-bond acceptors (Lipinski definition) is 3. The number of nitrogens with zero attached hydrogens (tertiary/aromatic N) is 2. The molecule has 0 aliphatic rings. The van der Waals surface area contributed by atoms with Crippen LogP contribution in [-0.4, -0.2) is 16.7 Å². The summed E-state index contributed by atoms with van der Waals surface area (Å²) >= 11 is 6.91. The van der Waals surface area contributed by atoms with Crippen LogP contribution in [-0.2, 0) is 6.54 Å². The zero-order valence-corrected chi connectivity index (χ0v) is 20.9. The molecule has 0 aliphatic heterocycles. The molecule has 3 aromatic carbocycles. The molecule has 0 bridgehead atoms. The van der Waals surface area contributed by atoms with Crippen LogP contribution in [0, 0.1) is 6.92 Å². The van der Waals surface area contributed by atoms with Gasteiger partial charge >= 0.3 is 5.91 Å². The number of nitrogens with one attached hydrogen (secondary N) is 1. The lowest BCUT2D eigenvalue weighted by atomic mass is 10.1. The molecule has 1 N–H and O–H groups in total. The van der Waals surface area contributed by atoms with Gasteiger partial charge < -0.3 is 8.98 Å². The number of amides is 1. The van der Waals surface area contributed by atoms with Crippen LogP contribution in [0.2, 0.25) is 0 Å². The van der Waals surface area contributed by atoms with E-state index in [2.05, 4.69) is 78.1 Å². The minimum atomic E-state index is -0.406. The SMILES string of the molecule is Cc1c(/C=N\NC(=O)c2cc3cc(Br)cc(Br)c3o2)c2ccccc2n1Cc1ccccc1. The van der Waals surface area contributed by atoms with E-state index in [9.17, 15) is 4.79 Å². The van der Waals surface area contributed by atoms with Gasteiger partial charge in [-0.25, -0.2) is 5.43 Å². The Kier molecular flexibility index (Phi) is 5.91. The summed E-state index contributed by atoms with van der Waals surface area (Å²) in [5.41, 5.74) is 7.61. The first-order chi connectivity index (χ1) is 16.0. The van der Waals surface area contributed by atoms with Crippen molar-refractivity contribution in [2.45, 2.75) is 13.5 Å². The van der Waals surface area contributed by atoms with Gasteiger partial charge in [0.1, 0.15) is 5.58 Å². The Balaban J connectivity index is 1.42. The van der Waals surface area contributed by atoms with Crippen molar-refractivity contribution in [3.63, 3.8) is 0 Å². The molecule has 0 atom stereocenters. The number of hydrogen-bond donors (Lipinski definition) is 1. The van der Waals surface area contributed by atoms with E-state index in [1.54, 1.807) is 12.3 Å². The average molecular weight is 565 g/mol. The van der Waals surface area contributed by atoms with Gasteiger partial charge in [0.05, 0.1) is 10.7 Å². The van der Waals surface area contributed by atoms with Crippen molar-refractivity contribution in [2.75, 3.05) is 0 Å². The second-order valence-electron chi connectivity index (χ2n) is 7.70. The predicted octanol–water partition coefficient (Wildman–Crippen LogP) is 7.03. The summed E-state index contributed by atoms with van der Waals surface area (Å²) in [7, 11) is 0. The van der Waals surface area contributed by atoms with Crippen molar-refractivity contribution in [2.24, 2.45) is 5.10 Å². The monoisotopic (exact) mass is 563 g/mol. The van der Waals surface area contributed by atoms with Crippen LogP contribution in [0.25, 0.3) is 21.9 Å². The molecule has 0 saturated heterocycles. The quantitative estimate of drug-likeness (QED) is 0.184. The second kappa shape index (κ2) is 9.00. The number of fused-ring (bicyclic) bond motifs is 2. The van der Waals surface area contributed by atoms with E-state index < -0.39 is 5.91 Å². The zero-order valence-electron chi connectivity index (χ0n) is 17.7. The van der Waals surface area contributed by atoms with E-state index in [1.165, 1.54) is 5.56 Å². The van der Waals surface area contributed by atoms with Crippen molar-refractivity contribution < 1.29 is 9.21 Å². The molecule has 164 valence electrons. The van der Waals surface area contributed by atoms with Crippen LogP contribution >= 0.6 is 31.9 Å². The fourth-order valence-corrected chi connectivity index (χ4v) is 5.33. The third-order valence-electron chi connectivity index (χ3n) is 5.58. The topological polar surface area (TPSA) is 59.5 Å². The van der Waals surface area contributed by atoms with Crippen LogP contribution in [0.1, 0.15) is 27.4 Å². The maximum absolute atomic E-state index is 12.6. The second-order valence-corrected chi connectivity index (χ2v) is 9.47. The van der Waals surface area contributed by atoms with Crippen LogP contribution in [0.5, 0.6) is 0 Å². The Morgan fingerprint density at radius 3 is 2.64 bits per heavy atom. The van der Waals surface area contributed by atoms with Crippen molar-refractivity contribution in [1.29, 1.82) is 0 Å². The molecule has 0 unspecified atom stereocenters. The highest BCUT2D eigenvalue weighted by molar-refractivity contribution is 9.11. The molecular formula is C26H19Br2N3O2. The van der Waals surface area contributed by atoms with Gasteiger partial charge in [0, 0.05) is 38.6 Å². The number of halogens is 2. The normalized spacial score (nSPS) is 11.6. The first-order valence-corrected chi connectivity index (χ1v) is 11.9. The third kappa shape index (κ3) is 4.26. The number of hydrazone groups is 1. The van der Waals surface area contributed by atoms with Gasteiger partial charge in [-0.15, -0.1) is 0 Å². The molecule has 33 heavy (non-hydrogen) atoms. The van der Waals surface area contributed by atoms with E-state index in [0.29, 0.717) is 5.58 Å². The molecule has 0 saturated carbocycles. The Bertz CT molecular complexity index is 1520. The third-order valence-corrected chi connectivity index (χ3v) is 6.63. The zero-order chi connectivity index (χ0) is 22.9. The summed E-state index contributed by atoms with van der Waals surface area (Å²) in [4.78, 5) is 12.6. The smallest absolute Gasteiger partial charge is 0.307 e. The summed E-state index contributed by atoms with van der Waals surface area (Å²) in [5, 5.41) is 6.15. The highest BCUT2D eigenvalue weighted by Crippen LogP contribution is 2.31. The van der Waals surface area contributed by atoms with Crippen molar-refractivity contribution >= 4 is 65.9 Å². The van der Waals surface area contributed by atoms with Crippen LogP contribution in [0.4, 0.5) is 0 Å². The summed E-state index contributed by atoms with van der Waals surface area (Å²) < 4.78 is 9.66. The molecule has 0 aliphatic carbocycles. The largest absolute Gasteiger partial charge is 0.450 e. The van der Waals surface area contributed by atoms with E-state index >= 15 is 0 Å². The Labute approximate surface area is 207 Å². The number of rotatable bonds is 5. The maximum Gasteiger partial charge on any atom is 0.307 e.